The summed E-state index contributed by atoms with van der Waals surface area (Å²) >= 11 is 0. The molecule has 0 bridgehead atoms. The summed E-state index contributed by atoms with van der Waals surface area (Å²) < 4.78 is 46.9. The van der Waals surface area contributed by atoms with Gasteiger partial charge in [-0.1, -0.05) is 12.1 Å². The Kier molecular flexibility index (Phi) is 7.57. The fourth-order valence-corrected chi connectivity index (χ4v) is 5.22. The van der Waals surface area contributed by atoms with Gasteiger partial charge in [0.2, 0.25) is 17.5 Å². The van der Waals surface area contributed by atoms with E-state index in [4.69, 9.17) is 14.2 Å². The van der Waals surface area contributed by atoms with Crippen molar-refractivity contribution in [2.24, 2.45) is 11.8 Å². The Labute approximate surface area is 236 Å². The van der Waals surface area contributed by atoms with Crippen molar-refractivity contribution in [3.8, 4) is 28.6 Å². The zero-order valence-corrected chi connectivity index (χ0v) is 23.1. The van der Waals surface area contributed by atoms with Gasteiger partial charge in [0.25, 0.3) is 0 Å². The van der Waals surface area contributed by atoms with Crippen molar-refractivity contribution < 1.29 is 27.8 Å². The van der Waals surface area contributed by atoms with Crippen LogP contribution in [-0.2, 0) is 4.74 Å². The molecular formula is C31H32F2N4O4. The molecule has 3 heterocycles. The molecule has 1 saturated heterocycles. The monoisotopic (exact) mass is 562 g/mol. The number of ketones is 1. The number of imidazole rings is 1. The van der Waals surface area contributed by atoms with Crippen LogP contribution < -0.4 is 14.8 Å². The Hall–Kier alpha value is -4.05. The summed E-state index contributed by atoms with van der Waals surface area (Å²) in [4.78, 5) is 17.4. The molecule has 6 rings (SSSR count). The molecule has 2 aromatic heterocycles. The molecule has 8 nitrogen and oxygen atoms in total. The molecule has 2 aromatic carbocycles. The summed E-state index contributed by atoms with van der Waals surface area (Å²) in [5.41, 5.74) is 4.30. The Bertz CT molecular complexity index is 1600. The second-order valence-electron chi connectivity index (χ2n) is 10.8. The van der Waals surface area contributed by atoms with Gasteiger partial charge in [-0.2, -0.15) is 8.78 Å². The third-order valence-corrected chi connectivity index (χ3v) is 7.81. The smallest absolute Gasteiger partial charge is 0.239 e. The maximum Gasteiger partial charge on any atom is 0.239 e. The fourth-order valence-electron chi connectivity index (χ4n) is 5.22. The lowest BCUT2D eigenvalue weighted by Crippen LogP contribution is -2.23. The van der Waals surface area contributed by atoms with E-state index in [9.17, 15) is 13.6 Å². The summed E-state index contributed by atoms with van der Waals surface area (Å²) in [6, 6.07) is 9.93. The summed E-state index contributed by atoms with van der Waals surface area (Å²) in [5, 5.41) is 8.06. The molecule has 0 atom stereocenters. The van der Waals surface area contributed by atoms with E-state index in [1.165, 1.54) is 19.2 Å². The molecule has 1 saturated carbocycles. The highest BCUT2D eigenvalue weighted by molar-refractivity contribution is 5.98. The first-order valence-electron chi connectivity index (χ1n) is 14.0. The topological polar surface area (TPSA) is 87.0 Å². The molecule has 4 aromatic rings. The lowest BCUT2D eigenvalue weighted by molar-refractivity contribution is 0.0699. The van der Waals surface area contributed by atoms with Crippen LogP contribution in [0.2, 0.25) is 0 Å². The second kappa shape index (κ2) is 11.4. The first-order chi connectivity index (χ1) is 19.9. The van der Waals surface area contributed by atoms with Crippen molar-refractivity contribution in [2.75, 3.05) is 32.2 Å². The van der Waals surface area contributed by atoms with Crippen molar-refractivity contribution in [3.05, 3.63) is 65.4 Å². The molecule has 0 spiro atoms. The number of ether oxygens (including phenoxy) is 3. The molecule has 1 N–H and O–H groups in total. The van der Waals surface area contributed by atoms with Crippen LogP contribution in [0.5, 0.6) is 17.4 Å². The van der Waals surface area contributed by atoms with E-state index >= 15 is 0 Å². The van der Waals surface area contributed by atoms with Gasteiger partial charge >= 0.3 is 0 Å². The number of halogens is 2. The molecule has 2 fully saturated rings. The predicted octanol–water partition coefficient (Wildman–Crippen LogP) is 6.61. The Morgan fingerprint density at radius 2 is 1.80 bits per heavy atom. The molecule has 1 aliphatic carbocycles. The molecule has 10 heteroatoms. The second-order valence-corrected chi connectivity index (χ2v) is 10.8. The van der Waals surface area contributed by atoms with Gasteiger partial charge in [-0.25, -0.2) is 9.50 Å². The summed E-state index contributed by atoms with van der Waals surface area (Å²) in [6.07, 6.45) is 6.43. The molecule has 2 aliphatic rings. The number of aryl methyl sites for hydroxylation is 1. The number of anilines is 1. The zero-order valence-electron chi connectivity index (χ0n) is 23.1. The largest absolute Gasteiger partial charge is 0.494 e. The standard InChI is InChI=1S/C31H32F2N4O4/c1-18-13-21(5-6-22(18)25(38)14-19-3-4-19)24-17-35-31-23(34-16-20-9-11-40-12-10-20)15-28(36-37(24)31)41-27-8-7-26(39-2)29(32)30(27)33/h5-8,13,15,17,19-20,34H,3-4,9-12,14,16H2,1-2H3. The van der Waals surface area contributed by atoms with E-state index in [2.05, 4.69) is 15.4 Å². The minimum atomic E-state index is -1.17. The average molecular weight is 563 g/mol. The quantitative estimate of drug-likeness (QED) is 0.218. The third-order valence-electron chi connectivity index (χ3n) is 7.81. The molecule has 0 amide bonds. The van der Waals surface area contributed by atoms with E-state index in [0.717, 1.165) is 55.6 Å². The highest BCUT2D eigenvalue weighted by Gasteiger charge is 2.26. The summed E-state index contributed by atoms with van der Waals surface area (Å²) in [6.45, 7) is 4.06. The van der Waals surface area contributed by atoms with Gasteiger partial charge in [0.05, 0.1) is 24.7 Å². The van der Waals surface area contributed by atoms with Gasteiger partial charge in [-0.05, 0) is 68.2 Å². The zero-order chi connectivity index (χ0) is 28.5. The van der Waals surface area contributed by atoms with E-state index < -0.39 is 11.6 Å². The third kappa shape index (κ3) is 5.74. The molecule has 0 radical (unpaired) electrons. The van der Waals surface area contributed by atoms with Crippen LogP contribution >= 0.6 is 0 Å². The maximum atomic E-state index is 14.8. The number of hydrogen-bond donors (Lipinski definition) is 1. The molecule has 1 aliphatic heterocycles. The van der Waals surface area contributed by atoms with Crippen LogP contribution in [0.25, 0.3) is 16.9 Å². The molecule has 0 unspecified atom stereocenters. The normalized spacial score (nSPS) is 15.7. The number of methoxy groups -OCH3 is 1. The predicted molar refractivity (Wildman–Crippen MR) is 150 cm³/mol. The number of carbonyl (C=O) groups is 1. The molecule has 214 valence electrons. The van der Waals surface area contributed by atoms with E-state index in [0.29, 0.717) is 41.8 Å². The number of Topliss-reactive ketones (excluding diaryl/α,β-unsaturated/α-hetero) is 1. The van der Waals surface area contributed by atoms with Crippen molar-refractivity contribution in [1.29, 1.82) is 0 Å². The Balaban J connectivity index is 1.36. The van der Waals surface area contributed by atoms with Gasteiger partial charge in [-0.3, -0.25) is 4.79 Å². The number of hydrogen-bond acceptors (Lipinski definition) is 7. The lowest BCUT2D eigenvalue weighted by Gasteiger charge is -2.22. The minimum Gasteiger partial charge on any atom is -0.494 e. The Morgan fingerprint density at radius 1 is 1.05 bits per heavy atom. The number of nitrogens with zero attached hydrogens (tertiary/aromatic N) is 3. The number of benzene rings is 2. The van der Waals surface area contributed by atoms with Gasteiger partial charge in [-0.15, -0.1) is 5.10 Å². The van der Waals surface area contributed by atoms with E-state index in [1.54, 1.807) is 16.8 Å². The Morgan fingerprint density at radius 3 is 2.54 bits per heavy atom. The average Bonchev–Trinajstić information content (AvgIpc) is 3.69. The van der Waals surface area contributed by atoms with Crippen molar-refractivity contribution >= 4 is 17.1 Å². The molecule has 41 heavy (non-hydrogen) atoms. The van der Waals surface area contributed by atoms with E-state index in [-0.39, 0.29) is 23.2 Å². The van der Waals surface area contributed by atoms with Gasteiger partial charge in [0.1, 0.15) is 0 Å². The van der Waals surface area contributed by atoms with Crippen LogP contribution in [-0.4, -0.2) is 47.2 Å². The highest BCUT2D eigenvalue weighted by Crippen LogP contribution is 2.35. The van der Waals surface area contributed by atoms with Crippen LogP contribution in [0.4, 0.5) is 14.5 Å². The minimum absolute atomic E-state index is 0.0580. The highest BCUT2D eigenvalue weighted by atomic mass is 19.2. The SMILES string of the molecule is COc1ccc(Oc2cc(NCC3CCOCC3)c3ncc(-c4ccc(C(=O)CC5CC5)c(C)c4)n3n2)c(F)c1F. The number of fused-ring (bicyclic) bond motifs is 1. The molecular weight excluding hydrogens is 530 g/mol. The van der Waals surface area contributed by atoms with Gasteiger partial charge in [0.15, 0.2) is 22.9 Å². The van der Waals surface area contributed by atoms with Crippen LogP contribution in [0.3, 0.4) is 0 Å². The number of rotatable bonds is 10. The van der Waals surface area contributed by atoms with Crippen LogP contribution in [0, 0.1) is 30.4 Å². The summed E-state index contributed by atoms with van der Waals surface area (Å²) in [7, 11) is 1.27. The van der Waals surface area contributed by atoms with Crippen molar-refractivity contribution in [3.63, 3.8) is 0 Å². The van der Waals surface area contributed by atoms with E-state index in [1.807, 2.05) is 25.1 Å². The van der Waals surface area contributed by atoms with Crippen molar-refractivity contribution in [2.45, 2.75) is 39.0 Å². The van der Waals surface area contributed by atoms with Gasteiger partial charge < -0.3 is 19.5 Å². The number of nitrogens with one attached hydrogen (secondary N) is 1. The first kappa shape index (κ1) is 27.1. The lowest BCUT2D eigenvalue weighted by atomic mass is 9.98. The van der Waals surface area contributed by atoms with Crippen molar-refractivity contribution in [1.82, 2.24) is 14.6 Å². The maximum absolute atomic E-state index is 14.8. The number of aromatic nitrogens is 3. The van der Waals surface area contributed by atoms with Crippen LogP contribution in [0.1, 0.15) is 48.0 Å². The van der Waals surface area contributed by atoms with Gasteiger partial charge in [0, 0.05) is 43.4 Å². The van der Waals surface area contributed by atoms with Crippen LogP contribution in [0.15, 0.2) is 42.6 Å². The number of carbonyl (C=O) groups excluding carboxylic acids is 1. The summed E-state index contributed by atoms with van der Waals surface area (Å²) in [5.74, 6) is -1.69. The fraction of sp³-hybridized carbons (Fsp3) is 0.387. The first-order valence-corrected chi connectivity index (χ1v) is 14.0.